The molecule has 0 saturated heterocycles. The molecule has 0 radical (unpaired) electrons. The number of phenolic OH excluding ortho intramolecular Hbond substituents is 1. The summed E-state index contributed by atoms with van der Waals surface area (Å²) < 4.78 is 20.4. The standard InChI is InChI=1S/C47H53N3O10/c1-3-26-57-47-43(49(30-33-15-11-14-31-12-5-6-16-37(31)33)46(54)59-36-21-18-34(19-22-36)50(55)56)29-41(48-58-4-2)39-27-32(13-7-9-24-51)38(17-8-10-25-52)44(45(39)47)40-28-35(53)20-23-42(40)60-47/h3,5-6,11-12,14-16,18-23,27-28,32,38,43-45,51-53H,1,4,7-10,13,17,24-26,29-30H2,2H3/t32-,38+,43-,44+,45+,47+/m0/s1. The first-order valence-electron chi connectivity index (χ1n) is 20.8. The summed E-state index contributed by atoms with van der Waals surface area (Å²) in [5.74, 6) is -1.76. The number of phenols is 1. The molecule has 3 N–H and O–H groups in total. The predicted molar refractivity (Wildman–Crippen MR) is 227 cm³/mol. The predicted octanol–water partition coefficient (Wildman–Crippen LogP) is 8.81. The second kappa shape index (κ2) is 19.1. The highest BCUT2D eigenvalue weighted by Gasteiger charge is 2.65. The van der Waals surface area contributed by atoms with E-state index in [2.05, 4.69) is 12.7 Å². The number of hydrogen-bond donors (Lipinski definition) is 3. The number of rotatable bonds is 18. The monoisotopic (exact) mass is 819 g/mol. The Labute approximate surface area is 349 Å². The van der Waals surface area contributed by atoms with Crippen molar-refractivity contribution in [3.05, 3.63) is 130 Å². The van der Waals surface area contributed by atoms with Gasteiger partial charge in [0, 0.05) is 43.2 Å². The molecule has 13 nitrogen and oxygen atoms in total. The van der Waals surface area contributed by atoms with Crippen molar-refractivity contribution in [1.29, 1.82) is 0 Å². The lowest BCUT2D eigenvalue weighted by Gasteiger charge is -2.59. The van der Waals surface area contributed by atoms with Gasteiger partial charge in [-0.15, -0.1) is 6.58 Å². The number of nitro groups is 1. The van der Waals surface area contributed by atoms with Gasteiger partial charge in [0.2, 0.25) is 5.79 Å². The van der Waals surface area contributed by atoms with Crippen LogP contribution in [0.25, 0.3) is 10.8 Å². The Morgan fingerprint density at radius 3 is 2.50 bits per heavy atom. The van der Waals surface area contributed by atoms with E-state index in [1.165, 1.54) is 24.3 Å². The van der Waals surface area contributed by atoms with E-state index < -0.39 is 28.8 Å². The number of aliphatic hydroxyl groups is 2. The normalized spacial score (nSPS) is 23.5. The first-order valence-corrected chi connectivity index (χ1v) is 20.8. The number of carbonyl (C=O) groups is 1. The van der Waals surface area contributed by atoms with Crippen molar-refractivity contribution in [2.45, 2.75) is 76.2 Å². The van der Waals surface area contributed by atoms with Crippen LogP contribution < -0.4 is 9.47 Å². The molecule has 6 atom stereocenters. The molecule has 0 unspecified atom stereocenters. The number of allylic oxidation sites excluding steroid dienone is 1. The molecule has 4 aromatic rings. The summed E-state index contributed by atoms with van der Waals surface area (Å²) in [4.78, 5) is 33.5. The summed E-state index contributed by atoms with van der Waals surface area (Å²) in [6.45, 7) is 6.40. The molecular formula is C47H53N3O10. The number of unbranched alkanes of at least 4 members (excludes halogenated alkanes) is 2. The van der Waals surface area contributed by atoms with Gasteiger partial charge in [-0.2, -0.15) is 0 Å². The van der Waals surface area contributed by atoms with Gasteiger partial charge in [-0.25, -0.2) is 4.79 Å². The average molecular weight is 820 g/mol. The van der Waals surface area contributed by atoms with E-state index in [1.54, 1.807) is 29.2 Å². The van der Waals surface area contributed by atoms with Crippen molar-refractivity contribution < 1.29 is 44.1 Å². The van der Waals surface area contributed by atoms with Crippen LogP contribution >= 0.6 is 0 Å². The molecule has 60 heavy (non-hydrogen) atoms. The van der Waals surface area contributed by atoms with Gasteiger partial charge in [-0.05, 0) is 96.7 Å². The highest BCUT2D eigenvalue weighted by atomic mass is 16.7. The second-order valence-corrected chi connectivity index (χ2v) is 15.6. The number of aliphatic hydroxyl groups excluding tert-OH is 2. The molecule has 0 spiro atoms. The van der Waals surface area contributed by atoms with Crippen molar-refractivity contribution in [1.82, 2.24) is 4.90 Å². The molecule has 7 rings (SSSR count). The fourth-order valence-electron chi connectivity index (χ4n) is 9.51. The first-order chi connectivity index (χ1) is 29.2. The smallest absolute Gasteiger partial charge is 0.416 e. The van der Waals surface area contributed by atoms with Crippen molar-refractivity contribution in [2.24, 2.45) is 22.9 Å². The third-order valence-corrected chi connectivity index (χ3v) is 12.0. The SMILES string of the molecule is C=CCO[C@@]12Oc3ccc(O)cc3[C@H]3[C@H](CCCCO)[C@@H](CCCCO)C=C(C(=NOCC)C[C@@H]1N(Cc1cccc4ccccc14)C(=O)Oc1ccc([N+](=O)[O-])cc1)[C@H]32. The topological polar surface area (TPSA) is 173 Å². The van der Waals surface area contributed by atoms with Crippen LogP contribution in [0.1, 0.15) is 68.9 Å². The van der Waals surface area contributed by atoms with Gasteiger partial charge in [-0.3, -0.25) is 15.0 Å². The summed E-state index contributed by atoms with van der Waals surface area (Å²) >= 11 is 0. The molecule has 1 fully saturated rings. The zero-order valence-electron chi connectivity index (χ0n) is 33.9. The van der Waals surface area contributed by atoms with Gasteiger partial charge in [-0.1, -0.05) is 72.6 Å². The number of benzene rings is 4. The lowest BCUT2D eigenvalue weighted by atomic mass is 9.55. The van der Waals surface area contributed by atoms with Crippen LogP contribution in [0.5, 0.6) is 17.2 Å². The van der Waals surface area contributed by atoms with Crippen LogP contribution in [0.3, 0.4) is 0 Å². The fraction of sp³-hybridized carbons (Fsp3) is 0.404. The Bertz CT molecular complexity index is 2220. The second-order valence-electron chi connectivity index (χ2n) is 15.6. The minimum absolute atomic E-state index is 0.0224. The van der Waals surface area contributed by atoms with Gasteiger partial charge in [0.05, 0.1) is 29.7 Å². The highest BCUT2D eigenvalue weighted by molar-refractivity contribution is 6.03. The van der Waals surface area contributed by atoms with Crippen LogP contribution in [0.4, 0.5) is 10.5 Å². The minimum atomic E-state index is -1.57. The maximum Gasteiger partial charge on any atom is 0.416 e. The molecule has 3 aliphatic rings. The molecule has 316 valence electrons. The van der Waals surface area contributed by atoms with E-state index in [-0.39, 0.29) is 67.7 Å². The first kappa shape index (κ1) is 42.4. The van der Waals surface area contributed by atoms with E-state index in [1.807, 2.05) is 49.4 Å². The zero-order chi connectivity index (χ0) is 42.2. The number of non-ortho nitro benzene ring substituents is 1. The number of aromatic hydroxyl groups is 1. The van der Waals surface area contributed by atoms with E-state index in [0.717, 1.165) is 53.2 Å². The average Bonchev–Trinajstić information content (AvgIpc) is 3.25. The van der Waals surface area contributed by atoms with E-state index >= 15 is 4.79 Å². The highest BCUT2D eigenvalue weighted by Crippen LogP contribution is 2.62. The van der Waals surface area contributed by atoms with Gasteiger partial charge in [0.25, 0.3) is 5.69 Å². The molecule has 13 heteroatoms. The lowest BCUT2D eigenvalue weighted by molar-refractivity contribution is -0.384. The molecule has 1 heterocycles. The minimum Gasteiger partial charge on any atom is -0.508 e. The Balaban J connectivity index is 1.46. The van der Waals surface area contributed by atoms with Gasteiger partial charge in [0.15, 0.2) is 0 Å². The molecule has 2 aliphatic carbocycles. The molecule has 4 aromatic carbocycles. The lowest BCUT2D eigenvalue weighted by Crippen LogP contribution is -2.70. The summed E-state index contributed by atoms with van der Waals surface area (Å²) in [7, 11) is 0. The molecular weight excluding hydrogens is 767 g/mol. The Kier molecular flexibility index (Phi) is 13.5. The molecule has 1 saturated carbocycles. The van der Waals surface area contributed by atoms with Gasteiger partial charge in [0.1, 0.15) is 29.9 Å². The van der Waals surface area contributed by atoms with Crippen LogP contribution in [-0.2, 0) is 16.1 Å². The van der Waals surface area contributed by atoms with E-state index in [4.69, 9.17) is 24.2 Å². The molecule has 1 aliphatic heterocycles. The van der Waals surface area contributed by atoms with Crippen LogP contribution in [0.2, 0.25) is 0 Å². The summed E-state index contributed by atoms with van der Waals surface area (Å²) in [6.07, 6.45) is 7.62. The molecule has 0 aromatic heterocycles. The number of oxime groups is 1. The maximum atomic E-state index is 15.0. The number of fused-ring (bicyclic) bond motifs is 3. The third kappa shape index (κ3) is 8.61. The molecule has 0 bridgehead atoms. The Morgan fingerprint density at radius 1 is 1.02 bits per heavy atom. The number of carbonyl (C=O) groups excluding carboxylic acids is 1. The van der Waals surface area contributed by atoms with Crippen molar-refractivity contribution in [2.75, 3.05) is 26.4 Å². The number of ether oxygens (including phenoxy) is 3. The van der Waals surface area contributed by atoms with Gasteiger partial charge >= 0.3 is 6.09 Å². The summed E-state index contributed by atoms with van der Waals surface area (Å²) in [6, 6.07) is 23.4. The fourth-order valence-corrected chi connectivity index (χ4v) is 9.51. The quantitative estimate of drug-likeness (QED) is 0.0381. The summed E-state index contributed by atoms with van der Waals surface area (Å²) in [5.41, 5.74) is 2.98. The number of amides is 1. The van der Waals surface area contributed by atoms with Crippen molar-refractivity contribution in [3.8, 4) is 17.2 Å². The third-order valence-electron chi connectivity index (χ3n) is 12.0. The summed E-state index contributed by atoms with van der Waals surface area (Å²) in [5, 5.41) is 48.8. The van der Waals surface area contributed by atoms with Gasteiger partial charge < -0.3 is 34.4 Å². The maximum absolute atomic E-state index is 15.0. The van der Waals surface area contributed by atoms with Crippen molar-refractivity contribution >= 4 is 28.3 Å². The number of nitro benzene ring substituents is 1. The van der Waals surface area contributed by atoms with Crippen LogP contribution in [0.15, 0.2) is 114 Å². The zero-order valence-corrected chi connectivity index (χ0v) is 33.9. The van der Waals surface area contributed by atoms with Crippen molar-refractivity contribution in [3.63, 3.8) is 0 Å². The molecule has 1 amide bonds. The number of nitrogens with zero attached hydrogens (tertiary/aromatic N) is 3. The number of hydrogen-bond acceptors (Lipinski definition) is 11. The van der Waals surface area contributed by atoms with E-state index in [0.29, 0.717) is 30.9 Å². The van der Waals surface area contributed by atoms with Crippen LogP contribution in [0, 0.1) is 27.9 Å². The van der Waals surface area contributed by atoms with E-state index in [9.17, 15) is 25.4 Å². The largest absolute Gasteiger partial charge is 0.508 e. The van der Waals surface area contributed by atoms with Crippen LogP contribution in [-0.4, -0.2) is 75.2 Å². The Morgan fingerprint density at radius 2 is 1.77 bits per heavy atom. The Hall–Kier alpha value is -5.76.